The first-order valence-electron chi connectivity index (χ1n) is 8.15. The number of nitrogens with zero attached hydrogens (tertiary/aromatic N) is 2. The fourth-order valence-electron chi connectivity index (χ4n) is 2.74. The average Bonchev–Trinajstić information content (AvgIpc) is 2.62. The highest BCUT2D eigenvalue weighted by Gasteiger charge is 2.37. The van der Waals surface area contributed by atoms with Crippen LogP contribution in [-0.2, 0) is 24.1 Å². The Morgan fingerprint density at radius 3 is 2.48 bits per heavy atom. The SMILES string of the molecule is Cc1ccccc1CNC(=O)Cn1c(=O)c(C(F)(F)F)nc2ccccc21. The summed E-state index contributed by atoms with van der Waals surface area (Å²) in [7, 11) is 0. The minimum atomic E-state index is -4.90. The molecule has 1 N–H and O–H groups in total. The number of alkyl halides is 3. The summed E-state index contributed by atoms with van der Waals surface area (Å²) in [6, 6.07) is 13.3. The Balaban J connectivity index is 1.92. The summed E-state index contributed by atoms with van der Waals surface area (Å²) in [4.78, 5) is 28.0. The number of fused-ring (bicyclic) bond motifs is 1. The van der Waals surface area contributed by atoms with Crippen molar-refractivity contribution in [3.05, 3.63) is 75.7 Å². The van der Waals surface area contributed by atoms with Crippen LogP contribution in [0.4, 0.5) is 13.2 Å². The molecule has 5 nitrogen and oxygen atoms in total. The van der Waals surface area contributed by atoms with Crippen LogP contribution in [0.2, 0.25) is 0 Å². The molecule has 0 aliphatic heterocycles. The molecule has 0 radical (unpaired) electrons. The molecule has 1 aromatic heterocycles. The van der Waals surface area contributed by atoms with Crippen LogP contribution in [0.5, 0.6) is 0 Å². The molecule has 0 bridgehead atoms. The van der Waals surface area contributed by atoms with Crippen LogP contribution in [0.25, 0.3) is 11.0 Å². The van der Waals surface area contributed by atoms with E-state index in [2.05, 4.69) is 10.3 Å². The van der Waals surface area contributed by atoms with Gasteiger partial charge in [-0.05, 0) is 30.2 Å². The number of amides is 1. The highest BCUT2D eigenvalue weighted by atomic mass is 19.4. The van der Waals surface area contributed by atoms with E-state index in [1.165, 1.54) is 18.2 Å². The van der Waals surface area contributed by atoms with Gasteiger partial charge in [-0.2, -0.15) is 13.2 Å². The molecule has 0 saturated heterocycles. The van der Waals surface area contributed by atoms with Gasteiger partial charge in [-0.3, -0.25) is 14.2 Å². The van der Waals surface area contributed by atoms with Gasteiger partial charge in [-0.25, -0.2) is 4.98 Å². The van der Waals surface area contributed by atoms with E-state index >= 15 is 0 Å². The lowest BCUT2D eigenvalue weighted by Gasteiger charge is -2.14. The van der Waals surface area contributed by atoms with Gasteiger partial charge in [-0.15, -0.1) is 0 Å². The Morgan fingerprint density at radius 2 is 1.78 bits per heavy atom. The molecular weight excluding hydrogens is 359 g/mol. The van der Waals surface area contributed by atoms with Crippen LogP contribution in [0.15, 0.2) is 53.3 Å². The first-order valence-corrected chi connectivity index (χ1v) is 8.15. The molecule has 0 saturated carbocycles. The predicted octanol–water partition coefficient (Wildman–Crippen LogP) is 3.04. The second-order valence-electron chi connectivity index (χ2n) is 6.04. The van der Waals surface area contributed by atoms with Crippen molar-refractivity contribution in [1.29, 1.82) is 0 Å². The molecule has 27 heavy (non-hydrogen) atoms. The van der Waals surface area contributed by atoms with Crippen molar-refractivity contribution in [3.8, 4) is 0 Å². The maximum Gasteiger partial charge on any atom is 0.438 e. The maximum absolute atomic E-state index is 13.1. The van der Waals surface area contributed by atoms with Gasteiger partial charge in [0.05, 0.1) is 11.0 Å². The first-order chi connectivity index (χ1) is 12.8. The molecule has 0 aliphatic rings. The number of aryl methyl sites for hydroxylation is 1. The van der Waals surface area contributed by atoms with Crippen molar-refractivity contribution in [1.82, 2.24) is 14.9 Å². The molecule has 1 amide bonds. The largest absolute Gasteiger partial charge is 0.438 e. The van der Waals surface area contributed by atoms with E-state index in [0.717, 1.165) is 15.7 Å². The first kappa shape index (κ1) is 18.6. The molecule has 3 rings (SSSR count). The molecule has 0 unspecified atom stereocenters. The van der Waals surface area contributed by atoms with Crippen LogP contribution < -0.4 is 10.9 Å². The van der Waals surface area contributed by atoms with Gasteiger partial charge >= 0.3 is 6.18 Å². The second-order valence-corrected chi connectivity index (χ2v) is 6.04. The molecule has 2 aromatic carbocycles. The van der Waals surface area contributed by atoms with Gasteiger partial charge in [0, 0.05) is 6.54 Å². The quantitative estimate of drug-likeness (QED) is 0.762. The van der Waals surface area contributed by atoms with Crippen molar-refractivity contribution < 1.29 is 18.0 Å². The van der Waals surface area contributed by atoms with Crippen LogP contribution in [0, 0.1) is 6.92 Å². The van der Waals surface area contributed by atoms with Crippen LogP contribution >= 0.6 is 0 Å². The Morgan fingerprint density at radius 1 is 1.11 bits per heavy atom. The molecule has 0 aliphatic carbocycles. The molecule has 8 heteroatoms. The van der Waals surface area contributed by atoms with Crippen molar-refractivity contribution in [3.63, 3.8) is 0 Å². The number of hydrogen-bond donors (Lipinski definition) is 1. The summed E-state index contributed by atoms with van der Waals surface area (Å²) < 4.78 is 40.2. The average molecular weight is 375 g/mol. The molecule has 0 fully saturated rings. The van der Waals surface area contributed by atoms with Gasteiger partial charge in [-0.1, -0.05) is 36.4 Å². The van der Waals surface area contributed by atoms with E-state index in [0.29, 0.717) is 0 Å². The third-order valence-corrected chi connectivity index (χ3v) is 4.16. The van der Waals surface area contributed by atoms with Crippen molar-refractivity contribution in [2.45, 2.75) is 26.2 Å². The van der Waals surface area contributed by atoms with Gasteiger partial charge in [0.25, 0.3) is 5.56 Å². The Bertz CT molecular complexity index is 1060. The number of carbonyl (C=O) groups is 1. The summed E-state index contributed by atoms with van der Waals surface area (Å²) in [6.45, 7) is 1.57. The van der Waals surface area contributed by atoms with E-state index in [1.54, 1.807) is 6.07 Å². The number of rotatable bonds is 4. The van der Waals surface area contributed by atoms with E-state index in [-0.39, 0.29) is 17.6 Å². The summed E-state index contributed by atoms with van der Waals surface area (Å²) in [5, 5.41) is 2.64. The Kier molecular flexibility index (Phi) is 4.98. The van der Waals surface area contributed by atoms with E-state index in [9.17, 15) is 22.8 Å². The maximum atomic E-state index is 13.1. The molecule has 0 atom stereocenters. The molecular formula is C19H16F3N3O2. The minimum absolute atomic E-state index is 0.00358. The topological polar surface area (TPSA) is 64.0 Å². The number of nitrogens with one attached hydrogen (secondary N) is 1. The molecule has 0 spiro atoms. The number of aromatic nitrogens is 2. The van der Waals surface area contributed by atoms with E-state index < -0.39 is 29.9 Å². The number of benzene rings is 2. The van der Waals surface area contributed by atoms with E-state index in [1.807, 2.05) is 31.2 Å². The molecule has 140 valence electrons. The summed E-state index contributed by atoms with van der Waals surface area (Å²) in [6.07, 6.45) is -4.90. The molecule has 3 aromatic rings. The fraction of sp³-hybridized carbons (Fsp3) is 0.211. The van der Waals surface area contributed by atoms with Gasteiger partial charge in [0.15, 0.2) is 0 Å². The van der Waals surface area contributed by atoms with Crippen molar-refractivity contribution >= 4 is 16.9 Å². The zero-order valence-corrected chi connectivity index (χ0v) is 14.4. The number of hydrogen-bond acceptors (Lipinski definition) is 3. The van der Waals surface area contributed by atoms with Gasteiger partial charge in [0.2, 0.25) is 11.6 Å². The number of carbonyl (C=O) groups excluding carboxylic acids is 1. The zero-order chi connectivity index (χ0) is 19.6. The minimum Gasteiger partial charge on any atom is -0.350 e. The lowest BCUT2D eigenvalue weighted by atomic mass is 10.1. The lowest BCUT2D eigenvalue weighted by molar-refractivity contribution is -0.142. The Labute approximate surface area is 152 Å². The highest BCUT2D eigenvalue weighted by Crippen LogP contribution is 2.26. The summed E-state index contributed by atoms with van der Waals surface area (Å²) in [5.74, 6) is -0.565. The van der Waals surface area contributed by atoms with Gasteiger partial charge in [0.1, 0.15) is 6.54 Å². The normalized spacial score (nSPS) is 11.6. The third kappa shape index (κ3) is 3.99. The fourth-order valence-corrected chi connectivity index (χ4v) is 2.74. The zero-order valence-electron chi connectivity index (χ0n) is 14.4. The standard InChI is InChI=1S/C19H16F3N3O2/c1-12-6-2-3-7-13(12)10-23-16(26)11-25-15-9-5-4-8-14(15)24-17(18(25)27)19(20,21)22/h2-9H,10-11H2,1H3,(H,23,26). The number of halogens is 3. The van der Waals surface area contributed by atoms with Crippen LogP contribution in [-0.4, -0.2) is 15.5 Å². The number of para-hydroxylation sites is 2. The van der Waals surface area contributed by atoms with Crippen LogP contribution in [0.3, 0.4) is 0 Å². The van der Waals surface area contributed by atoms with Crippen molar-refractivity contribution in [2.75, 3.05) is 0 Å². The summed E-state index contributed by atoms with van der Waals surface area (Å²) in [5.41, 5.74) is -0.852. The molecule has 1 heterocycles. The Hall–Kier alpha value is -3.16. The second kappa shape index (κ2) is 7.22. The smallest absolute Gasteiger partial charge is 0.350 e. The van der Waals surface area contributed by atoms with Crippen molar-refractivity contribution in [2.24, 2.45) is 0 Å². The van der Waals surface area contributed by atoms with E-state index in [4.69, 9.17) is 0 Å². The van der Waals surface area contributed by atoms with Crippen LogP contribution in [0.1, 0.15) is 16.8 Å². The predicted molar refractivity (Wildman–Crippen MR) is 94.0 cm³/mol. The summed E-state index contributed by atoms with van der Waals surface area (Å²) >= 11 is 0. The van der Waals surface area contributed by atoms with Gasteiger partial charge < -0.3 is 5.32 Å². The monoisotopic (exact) mass is 375 g/mol. The lowest BCUT2D eigenvalue weighted by Crippen LogP contribution is -2.36. The highest BCUT2D eigenvalue weighted by molar-refractivity contribution is 5.80. The third-order valence-electron chi connectivity index (χ3n) is 4.16.